The summed E-state index contributed by atoms with van der Waals surface area (Å²) in [5.74, 6) is 2.73. The van der Waals surface area contributed by atoms with Crippen molar-refractivity contribution in [3.63, 3.8) is 0 Å². The average Bonchev–Trinajstić information content (AvgIpc) is 3.79. The molecule has 2 aliphatic rings. The van der Waals surface area contributed by atoms with E-state index in [9.17, 15) is 5.11 Å². The third-order valence-electron chi connectivity index (χ3n) is 8.62. The van der Waals surface area contributed by atoms with Crippen molar-refractivity contribution < 1.29 is 19.3 Å². The number of likely N-dealkylation sites (tertiary alicyclic amines) is 2. The first-order chi connectivity index (χ1) is 20.6. The normalized spacial score (nSPS) is 16.7. The molecule has 0 amide bonds. The predicted octanol–water partition coefficient (Wildman–Crippen LogP) is 7.21. The molecule has 0 saturated carbocycles. The van der Waals surface area contributed by atoms with Crippen LogP contribution in [0, 0.1) is 0 Å². The highest BCUT2D eigenvalue weighted by molar-refractivity contribution is 7.22. The lowest BCUT2D eigenvalue weighted by molar-refractivity contribution is 0.169. The number of fused-ring (bicyclic) bond motifs is 1. The maximum Gasteiger partial charge on any atom is 0.161 e. The van der Waals surface area contributed by atoms with E-state index in [2.05, 4.69) is 53.1 Å². The van der Waals surface area contributed by atoms with Gasteiger partial charge in [0.25, 0.3) is 0 Å². The van der Waals surface area contributed by atoms with Gasteiger partial charge in [0.05, 0.1) is 7.11 Å². The summed E-state index contributed by atoms with van der Waals surface area (Å²) in [6.45, 7) is 9.27. The van der Waals surface area contributed by atoms with Gasteiger partial charge in [0.1, 0.15) is 24.7 Å². The minimum atomic E-state index is 0.287. The van der Waals surface area contributed by atoms with E-state index >= 15 is 0 Å². The average molecular weight is 587 g/mol. The smallest absolute Gasteiger partial charge is 0.161 e. The second-order valence-corrected chi connectivity index (χ2v) is 12.6. The molecule has 222 valence electrons. The van der Waals surface area contributed by atoms with Crippen LogP contribution in [0.1, 0.15) is 43.7 Å². The molecule has 3 aromatic carbocycles. The Morgan fingerprint density at radius 1 is 0.857 bits per heavy atom. The van der Waals surface area contributed by atoms with E-state index in [1.165, 1.54) is 49.2 Å². The number of aromatic hydroxyl groups is 1. The van der Waals surface area contributed by atoms with Gasteiger partial charge in [0, 0.05) is 22.2 Å². The molecule has 4 aromatic rings. The molecule has 42 heavy (non-hydrogen) atoms. The monoisotopic (exact) mass is 586 g/mol. The molecular weight excluding hydrogens is 544 g/mol. The highest BCUT2D eigenvalue weighted by Crippen LogP contribution is 2.42. The van der Waals surface area contributed by atoms with E-state index in [-0.39, 0.29) is 5.75 Å². The summed E-state index contributed by atoms with van der Waals surface area (Å²) in [6, 6.07) is 20.8. The lowest BCUT2D eigenvalue weighted by Crippen LogP contribution is -2.34. The Labute approximate surface area is 253 Å². The molecule has 3 heterocycles. The largest absolute Gasteiger partial charge is 0.508 e. The van der Waals surface area contributed by atoms with Crippen LogP contribution in [0.15, 0.2) is 60.7 Å². The lowest BCUT2D eigenvalue weighted by atomic mass is 9.98. The molecule has 2 aliphatic heterocycles. The highest BCUT2D eigenvalue weighted by atomic mass is 32.1. The number of phenolic OH excluding ortho intramolecular Hbond substituents is 1. The molecule has 2 fully saturated rings. The standard InChI is InChI=1S/C35H42N2O4S/c1-25(37-17-5-6-18-37)24-41-32-14-7-26(22-33(32)39-2)21-31-30-13-10-28(38)23-34(30)42-35(31)27-8-11-29(12-9-27)40-20-19-36-15-3-4-16-36/h7-14,22-23,25,38H,3-6,15-21,24H2,1-2H3. The first-order valence-corrected chi connectivity index (χ1v) is 16.1. The van der Waals surface area contributed by atoms with Crippen molar-refractivity contribution >= 4 is 21.4 Å². The first kappa shape index (κ1) is 28.8. The second-order valence-electron chi connectivity index (χ2n) is 11.6. The Hall–Kier alpha value is -3.26. The van der Waals surface area contributed by atoms with Crippen LogP contribution in [-0.2, 0) is 6.42 Å². The third kappa shape index (κ3) is 6.69. The summed E-state index contributed by atoms with van der Waals surface area (Å²) in [4.78, 5) is 6.17. The van der Waals surface area contributed by atoms with Gasteiger partial charge >= 0.3 is 0 Å². The van der Waals surface area contributed by atoms with Gasteiger partial charge in [-0.05, 0) is 142 Å². The van der Waals surface area contributed by atoms with E-state index in [0.29, 0.717) is 19.3 Å². The Morgan fingerprint density at radius 2 is 1.62 bits per heavy atom. The Bertz CT molecular complexity index is 1470. The number of thiophene rings is 1. The quantitative estimate of drug-likeness (QED) is 0.189. The maximum atomic E-state index is 10.2. The number of ether oxygens (including phenoxy) is 3. The van der Waals surface area contributed by atoms with Gasteiger partial charge < -0.3 is 19.3 Å². The summed E-state index contributed by atoms with van der Waals surface area (Å²) in [6.07, 6.45) is 5.89. The predicted molar refractivity (Wildman–Crippen MR) is 172 cm³/mol. The molecule has 0 aliphatic carbocycles. The van der Waals surface area contributed by atoms with Crippen molar-refractivity contribution in [2.75, 3.05) is 53.0 Å². The van der Waals surface area contributed by atoms with Gasteiger partial charge in [-0.25, -0.2) is 0 Å². The molecule has 6 rings (SSSR count). The Morgan fingerprint density at radius 3 is 2.38 bits per heavy atom. The topological polar surface area (TPSA) is 54.4 Å². The molecule has 1 aromatic heterocycles. The third-order valence-corrected chi connectivity index (χ3v) is 9.86. The summed E-state index contributed by atoms with van der Waals surface area (Å²) in [5, 5.41) is 11.4. The van der Waals surface area contributed by atoms with Gasteiger partial charge in [-0.3, -0.25) is 9.80 Å². The zero-order chi connectivity index (χ0) is 28.9. The number of methoxy groups -OCH3 is 1. The van der Waals surface area contributed by atoms with Gasteiger partial charge in [0.2, 0.25) is 0 Å². The molecule has 1 unspecified atom stereocenters. The van der Waals surface area contributed by atoms with Crippen molar-refractivity contribution in [2.45, 2.75) is 45.1 Å². The van der Waals surface area contributed by atoms with Crippen molar-refractivity contribution in [1.29, 1.82) is 0 Å². The highest BCUT2D eigenvalue weighted by Gasteiger charge is 2.20. The van der Waals surface area contributed by atoms with E-state index in [1.54, 1.807) is 24.5 Å². The summed E-state index contributed by atoms with van der Waals surface area (Å²) < 4.78 is 19.1. The first-order valence-electron chi connectivity index (χ1n) is 15.3. The number of rotatable bonds is 12. The number of hydrogen-bond acceptors (Lipinski definition) is 7. The van der Waals surface area contributed by atoms with E-state index in [4.69, 9.17) is 14.2 Å². The molecule has 6 nitrogen and oxygen atoms in total. The fraction of sp³-hybridized carbons (Fsp3) is 0.429. The Kier molecular flexibility index (Phi) is 9.18. The van der Waals surface area contributed by atoms with E-state index in [1.807, 2.05) is 18.2 Å². The van der Waals surface area contributed by atoms with Crippen LogP contribution in [0.25, 0.3) is 20.5 Å². The SMILES string of the molecule is COc1cc(Cc2c(-c3ccc(OCCN4CCCC4)cc3)sc3cc(O)ccc23)ccc1OCC(C)N1CCCC1. The molecular formula is C35H42N2O4S. The van der Waals surface area contributed by atoms with Crippen LogP contribution in [0.4, 0.5) is 0 Å². The zero-order valence-electron chi connectivity index (χ0n) is 24.8. The minimum absolute atomic E-state index is 0.287. The van der Waals surface area contributed by atoms with Crippen LogP contribution in [0.3, 0.4) is 0 Å². The maximum absolute atomic E-state index is 10.2. The molecule has 0 spiro atoms. The lowest BCUT2D eigenvalue weighted by Gasteiger charge is -2.24. The van der Waals surface area contributed by atoms with Crippen molar-refractivity contribution in [3.8, 4) is 33.4 Å². The van der Waals surface area contributed by atoms with Crippen LogP contribution in [0.2, 0.25) is 0 Å². The number of hydrogen-bond donors (Lipinski definition) is 1. The zero-order valence-corrected chi connectivity index (χ0v) is 25.6. The fourth-order valence-electron chi connectivity index (χ4n) is 6.19. The van der Waals surface area contributed by atoms with E-state index < -0.39 is 0 Å². The van der Waals surface area contributed by atoms with Crippen molar-refractivity contribution in [2.24, 2.45) is 0 Å². The minimum Gasteiger partial charge on any atom is -0.508 e. The summed E-state index contributed by atoms with van der Waals surface area (Å²) >= 11 is 1.72. The number of benzene rings is 3. The molecule has 7 heteroatoms. The molecule has 1 atom stereocenters. The van der Waals surface area contributed by atoms with E-state index in [0.717, 1.165) is 64.5 Å². The fourth-order valence-corrected chi connectivity index (χ4v) is 7.45. The molecule has 0 bridgehead atoms. The van der Waals surface area contributed by atoms with Gasteiger partial charge in [-0.1, -0.05) is 6.07 Å². The van der Waals surface area contributed by atoms with Gasteiger partial charge in [-0.15, -0.1) is 11.3 Å². The molecule has 0 radical (unpaired) electrons. The van der Waals surface area contributed by atoms with Gasteiger partial charge in [-0.2, -0.15) is 0 Å². The number of nitrogens with zero attached hydrogens (tertiary/aromatic N) is 2. The summed E-state index contributed by atoms with van der Waals surface area (Å²) in [7, 11) is 1.71. The molecule has 2 saturated heterocycles. The van der Waals surface area contributed by atoms with Crippen LogP contribution >= 0.6 is 11.3 Å². The second kappa shape index (κ2) is 13.4. The number of phenols is 1. The Balaban J connectivity index is 1.20. The van der Waals surface area contributed by atoms with Crippen molar-refractivity contribution in [1.82, 2.24) is 9.80 Å². The molecule has 1 N–H and O–H groups in total. The van der Waals surface area contributed by atoms with Gasteiger partial charge in [0.15, 0.2) is 11.5 Å². The summed E-state index contributed by atoms with van der Waals surface area (Å²) in [5.41, 5.74) is 3.55. The van der Waals surface area contributed by atoms with Crippen LogP contribution in [-0.4, -0.2) is 74.0 Å². The van der Waals surface area contributed by atoms with Crippen molar-refractivity contribution in [3.05, 3.63) is 71.8 Å². The van der Waals surface area contributed by atoms with Crippen LogP contribution in [0.5, 0.6) is 23.0 Å². The van der Waals surface area contributed by atoms with Crippen LogP contribution < -0.4 is 14.2 Å².